The molecular formula is C16H22ClN3O3. The van der Waals surface area contributed by atoms with Gasteiger partial charge in [-0.1, -0.05) is 11.6 Å². The van der Waals surface area contributed by atoms with Crippen molar-refractivity contribution in [3.8, 4) is 0 Å². The van der Waals surface area contributed by atoms with Crippen LogP contribution in [0.2, 0.25) is 5.02 Å². The molecule has 0 saturated carbocycles. The number of ether oxygens (including phenoxy) is 1. The van der Waals surface area contributed by atoms with E-state index in [0.29, 0.717) is 43.5 Å². The summed E-state index contributed by atoms with van der Waals surface area (Å²) < 4.78 is 5.32. The molecule has 0 aliphatic carbocycles. The molecule has 1 N–H and O–H groups in total. The molecule has 7 heteroatoms. The highest BCUT2D eigenvalue weighted by molar-refractivity contribution is 6.30. The largest absolute Gasteiger partial charge is 0.369 e. The quantitative estimate of drug-likeness (QED) is 0.916. The predicted molar refractivity (Wildman–Crippen MR) is 89.7 cm³/mol. The maximum absolute atomic E-state index is 12.2. The van der Waals surface area contributed by atoms with Crippen LogP contribution in [0.25, 0.3) is 0 Å². The van der Waals surface area contributed by atoms with Gasteiger partial charge in [0.25, 0.3) is 5.91 Å². The lowest BCUT2D eigenvalue weighted by Crippen LogP contribution is -2.53. The van der Waals surface area contributed by atoms with Crippen LogP contribution in [0, 0.1) is 0 Å². The summed E-state index contributed by atoms with van der Waals surface area (Å²) in [6.45, 7) is 6.17. The first kappa shape index (κ1) is 17.6. The van der Waals surface area contributed by atoms with E-state index in [1.54, 1.807) is 41.0 Å². The molecule has 0 aromatic heterocycles. The van der Waals surface area contributed by atoms with E-state index in [1.165, 1.54) is 0 Å². The highest BCUT2D eigenvalue weighted by Crippen LogP contribution is 2.14. The fourth-order valence-corrected chi connectivity index (χ4v) is 2.57. The average molecular weight is 340 g/mol. The number of rotatable bonds is 4. The van der Waals surface area contributed by atoms with Crippen LogP contribution in [0.1, 0.15) is 13.8 Å². The Bertz CT molecular complexity index is 542. The summed E-state index contributed by atoms with van der Waals surface area (Å²) in [7, 11) is 0. The summed E-state index contributed by atoms with van der Waals surface area (Å²) >= 11 is 5.82. The lowest BCUT2D eigenvalue weighted by molar-refractivity contribution is -0.143. The van der Waals surface area contributed by atoms with E-state index in [4.69, 9.17) is 16.3 Å². The predicted octanol–water partition coefficient (Wildman–Crippen LogP) is 2.44. The number of amides is 3. The Kier molecular flexibility index (Phi) is 6.24. The molecule has 1 aliphatic rings. The second-order valence-electron chi connectivity index (χ2n) is 5.35. The molecule has 126 valence electrons. The highest BCUT2D eigenvalue weighted by Gasteiger charge is 2.27. The number of urea groups is 1. The first-order valence-electron chi connectivity index (χ1n) is 7.73. The van der Waals surface area contributed by atoms with Crippen LogP contribution in [-0.4, -0.2) is 60.6 Å². The Labute approximate surface area is 141 Å². The molecule has 1 heterocycles. The van der Waals surface area contributed by atoms with Gasteiger partial charge < -0.3 is 19.9 Å². The molecule has 1 aliphatic heterocycles. The summed E-state index contributed by atoms with van der Waals surface area (Å²) in [5.74, 6) is -0.0235. The molecule has 0 radical (unpaired) electrons. The fraction of sp³-hybridized carbons (Fsp3) is 0.500. The third-order valence-corrected chi connectivity index (χ3v) is 3.99. The van der Waals surface area contributed by atoms with E-state index >= 15 is 0 Å². The van der Waals surface area contributed by atoms with Gasteiger partial charge in [0.1, 0.15) is 6.10 Å². The molecule has 2 rings (SSSR count). The lowest BCUT2D eigenvalue weighted by Gasteiger charge is -2.35. The van der Waals surface area contributed by atoms with Crippen molar-refractivity contribution in [1.82, 2.24) is 9.80 Å². The lowest BCUT2D eigenvalue weighted by atomic mass is 10.2. The van der Waals surface area contributed by atoms with Gasteiger partial charge in [0.15, 0.2) is 0 Å². The van der Waals surface area contributed by atoms with Crippen molar-refractivity contribution < 1.29 is 14.3 Å². The third-order valence-electron chi connectivity index (χ3n) is 3.74. The summed E-state index contributed by atoms with van der Waals surface area (Å²) in [4.78, 5) is 27.8. The van der Waals surface area contributed by atoms with Crippen molar-refractivity contribution in [3.63, 3.8) is 0 Å². The number of carbonyl (C=O) groups excluding carboxylic acids is 2. The molecule has 1 aromatic carbocycles. The summed E-state index contributed by atoms with van der Waals surface area (Å²) in [6.07, 6.45) is -0.436. The van der Waals surface area contributed by atoms with Crippen LogP contribution >= 0.6 is 11.6 Å². The minimum atomic E-state index is -0.436. The van der Waals surface area contributed by atoms with E-state index in [0.717, 1.165) is 0 Å². The van der Waals surface area contributed by atoms with Crippen LogP contribution in [-0.2, 0) is 9.53 Å². The van der Waals surface area contributed by atoms with Crippen molar-refractivity contribution in [2.24, 2.45) is 0 Å². The van der Waals surface area contributed by atoms with Crippen LogP contribution in [0.15, 0.2) is 24.3 Å². The van der Waals surface area contributed by atoms with Crippen LogP contribution < -0.4 is 5.32 Å². The standard InChI is InChI=1S/C16H22ClN3O3/c1-3-23-12(2)15(21)19-8-10-20(11-9-19)16(22)18-14-6-4-13(17)5-7-14/h4-7,12H,3,8-11H2,1-2H3,(H,18,22)/t12-/m0/s1. The first-order valence-corrected chi connectivity index (χ1v) is 8.11. The summed E-state index contributed by atoms with van der Waals surface area (Å²) in [6, 6.07) is 6.79. The molecule has 1 saturated heterocycles. The average Bonchev–Trinajstić information content (AvgIpc) is 2.56. The second-order valence-corrected chi connectivity index (χ2v) is 5.78. The topological polar surface area (TPSA) is 61.9 Å². The van der Waals surface area contributed by atoms with Gasteiger partial charge in [0.2, 0.25) is 0 Å². The van der Waals surface area contributed by atoms with Crippen LogP contribution in [0.5, 0.6) is 0 Å². The molecule has 0 unspecified atom stereocenters. The molecule has 23 heavy (non-hydrogen) atoms. The SMILES string of the molecule is CCO[C@@H](C)C(=O)N1CCN(C(=O)Nc2ccc(Cl)cc2)CC1. The van der Waals surface area contributed by atoms with E-state index in [9.17, 15) is 9.59 Å². The van der Waals surface area contributed by atoms with Crippen molar-refractivity contribution in [3.05, 3.63) is 29.3 Å². The highest BCUT2D eigenvalue weighted by atomic mass is 35.5. The number of carbonyl (C=O) groups is 2. The Morgan fingerprint density at radius 3 is 2.30 bits per heavy atom. The number of hydrogen-bond donors (Lipinski definition) is 1. The van der Waals surface area contributed by atoms with Gasteiger partial charge in [0.05, 0.1) is 0 Å². The smallest absolute Gasteiger partial charge is 0.321 e. The molecule has 6 nitrogen and oxygen atoms in total. The second kappa shape index (κ2) is 8.17. The normalized spacial score (nSPS) is 16.1. The summed E-state index contributed by atoms with van der Waals surface area (Å²) in [5.41, 5.74) is 0.697. The molecule has 3 amide bonds. The van der Waals surface area contributed by atoms with Crippen molar-refractivity contribution in [2.45, 2.75) is 20.0 Å². The number of nitrogens with zero attached hydrogens (tertiary/aromatic N) is 2. The van der Waals surface area contributed by atoms with Crippen LogP contribution in [0.3, 0.4) is 0 Å². The fourth-order valence-electron chi connectivity index (χ4n) is 2.44. The van der Waals surface area contributed by atoms with Crippen molar-refractivity contribution >= 4 is 29.2 Å². The molecule has 0 spiro atoms. The van der Waals surface area contributed by atoms with E-state index in [2.05, 4.69) is 5.32 Å². The Morgan fingerprint density at radius 1 is 1.17 bits per heavy atom. The van der Waals surface area contributed by atoms with Gasteiger partial charge in [0, 0.05) is 43.5 Å². The van der Waals surface area contributed by atoms with Gasteiger partial charge in [-0.25, -0.2) is 4.79 Å². The minimum Gasteiger partial charge on any atom is -0.369 e. The minimum absolute atomic E-state index is 0.0235. The van der Waals surface area contributed by atoms with E-state index in [1.807, 2.05) is 6.92 Å². The number of hydrogen-bond acceptors (Lipinski definition) is 3. The molecule has 1 atom stereocenters. The van der Waals surface area contributed by atoms with E-state index in [-0.39, 0.29) is 11.9 Å². The Hall–Kier alpha value is -1.79. The van der Waals surface area contributed by atoms with Crippen LogP contribution in [0.4, 0.5) is 10.5 Å². The summed E-state index contributed by atoms with van der Waals surface area (Å²) in [5, 5.41) is 3.45. The number of nitrogens with one attached hydrogen (secondary N) is 1. The maximum Gasteiger partial charge on any atom is 0.321 e. The third kappa shape index (κ3) is 4.84. The number of benzene rings is 1. The zero-order valence-corrected chi connectivity index (χ0v) is 14.2. The van der Waals surface area contributed by atoms with Gasteiger partial charge in [-0.3, -0.25) is 4.79 Å². The van der Waals surface area contributed by atoms with Crippen molar-refractivity contribution in [1.29, 1.82) is 0 Å². The molecule has 0 bridgehead atoms. The molecule has 1 fully saturated rings. The molecule has 1 aromatic rings. The zero-order chi connectivity index (χ0) is 16.8. The Morgan fingerprint density at radius 2 is 1.74 bits per heavy atom. The van der Waals surface area contributed by atoms with Gasteiger partial charge in [-0.2, -0.15) is 0 Å². The molecular weight excluding hydrogens is 318 g/mol. The first-order chi connectivity index (χ1) is 11.0. The van der Waals surface area contributed by atoms with Gasteiger partial charge in [-0.05, 0) is 38.1 Å². The number of piperazine rings is 1. The van der Waals surface area contributed by atoms with Crippen molar-refractivity contribution in [2.75, 3.05) is 38.1 Å². The zero-order valence-electron chi connectivity index (χ0n) is 13.4. The maximum atomic E-state index is 12.2. The van der Waals surface area contributed by atoms with Gasteiger partial charge >= 0.3 is 6.03 Å². The number of halogens is 1. The Balaban J connectivity index is 1.82. The monoisotopic (exact) mass is 339 g/mol. The number of anilines is 1. The van der Waals surface area contributed by atoms with Gasteiger partial charge in [-0.15, -0.1) is 0 Å². The van der Waals surface area contributed by atoms with E-state index < -0.39 is 6.10 Å².